The number of hydrazine groups is 2. The summed E-state index contributed by atoms with van der Waals surface area (Å²) < 4.78 is 42.6. The topological polar surface area (TPSA) is 77.5 Å². The Morgan fingerprint density at radius 3 is 2.65 bits per heavy atom. The molecule has 2 aromatic carbocycles. The number of benzene rings is 2. The van der Waals surface area contributed by atoms with Crippen molar-refractivity contribution in [2.45, 2.75) is 48.6 Å². The molecule has 1 atom stereocenters. The predicted octanol–water partition coefficient (Wildman–Crippen LogP) is 5.58. The molecule has 0 saturated carbocycles. The zero-order valence-electron chi connectivity index (χ0n) is 20.5. The molecule has 1 fully saturated rings. The number of alkyl halides is 3. The first kappa shape index (κ1) is 25.3. The summed E-state index contributed by atoms with van der Waals surface area (Å²) in [7, 11) is 0. The lowest BCUT2D eigenvalue weighted by molar-refractivity contribution is -0.139. The highest BCUT2D eigenvalue weighted by Crippen LogP contribution is 2.43. The van der Waals surface area contributed by atoms with Gasteiger partial charge in [0.05, 0.1) is 11.3 Å². The van der Waals surface area contributed by atoms with Gasteiger partial charge in [0.1, 0.15) is 18.0 Å². The van der Waals surface area contributed by atoms with Crippen LogP contribution in [0.1, 0.15) is 43.7 Å². The third kappa shape index (κ3) is 5.67. The average Bonchev–Trinajstić information content (AvgIpc) is 3.44. The molecule has 5 rings (SSSR count). The van der Waals surface area contributed by atoms with Crippen LogP contribution in [-0.2, 0) is 6.18 Å². The van der Waals surface area contributed by atoms with Crippen molar-refractivity contribution in [2.24, 2.45) is 11.0 Å². The van der Waals surface area contributed by atoms with Crippen molar-refractivity contribution in [1.29, 1.82) is 0 Å². The Kier molecular flexibility index (Phi) is 7.25. The van der Waals surface area contributed by atoms with Crippen LogP contribution in [-0.4, -0.2) is 28.9 Å². The third-order valence-electron chi connectivity index (χ3n) is 6.55. The van der Waals surface area contributed by atoms with Gasteiger partial charge in [-0.2, -0.15) is 13.2 Å². The summed E-state index contributed by atoms with van der Waals surface area (Å²) in [6.07, 6.45) is -1.15. The number of rotatable bonds is 6. The fraction of sp³-hybridized carbons (Fsp3) is 0.346. The first-order valence-corrected chi connectivity index (χ1v) is 13.0. The van der Waals surface area contributed by atoms with Gasteiger partial charge in [-0.25, -0.2) is 15.5 Å². The van der Waals surface area contributed by atoms with Crippen molar-refractivity contribution >= 4 is 23.4 Å². The molecule has 37 heavy (non-hydrogen) atoms. The van der Waals surface area contributed by atoms with E-state index in [0.717, 1.165) is 47.4 Å². The van der Waals surface area contributed by atoms with E-state index in [1.165, 1.54) is 12.4 Å². The van der Waals surface area contributed by atoms with Crippen molar-refractivity contribution in [3.05, 3.63) is 66.0 Å². The van der Waals surface area contributed by atoms with Crippen LogP contribution in [0.3, 0.4) is 0 Å². The van der Waals surface area contributed by atoms with E-state index in [1.54, 1.807) is 18.2 Å². The summed E-state index contributed by atoms with van der Waals surface area (Å²) in [6.45, 7) is 5.58. The van der Waals surface area contributed by atoms with Gasteiger partial charge in [0.25, 0.3) is 0 Å². The molecule has 0 spiro atoms. The summed E-state index contributed by atoms with van der Waals surface area (Å²) in [5, 5.41) is 4.21. The highest BCUT2D eigenvalue weighted by Gasteiger charge is 2.34. The largest absolute Gasteiger partial charge is 0.417 e. The van der Waals surface area contributed by atoms with Crippen LogP contribution in [0.4, 0.5) is 19.0 Å². The van der Waals surface area contributed by atoms with Crippen LogP contribution in [0.15, 0.2) is 69.8 Å². The lowest BCUT2D eigenvalue weighted by Gasteiger charge is -2.33. The number of hydrogen-bond donors (Lipinski definition) is 3. The lowest BCUT2D eigenvalue weighted by Crippen LogP contribution is -2.44. The number of hydrogen-bond acceptors (Lipinski definition) is 8. The number of nitrogens with one attached hydrogen (secondary N) is 3. The first-order valence-electron chi connectivity index (χ1n) is 12.2. The van der Waals surface area contributed by atoms with Crippen LogP contribution < -0.4 is 21.4 Å². The summed E-state index contributed by atoms with van der Waals surface area (Å²) in [5.74, 6) is 1.92. The minimum absolute atomic E-state index is 0.171. The number of piperidine rings is 1. The van der Waals surface area contributed by atoms with Gasteiger partial charge in [-0.05, 0) is 42.5 Å². The van der Waals surface area contributed by atoms with Gasteiger partial charge in [0.15, 0.2) is 0 Å². The van der Waals surface area contributed by atoms with E-state index in [1.807, 2.05) is 38.1 Å². The maximum Gasteiger partial charge on any atom is 0.417 e. The molecule has 3 heterocycles. The standard InChI is InChI=1S/C26H28F3N7S/c1-16(2)19-7-3-4-8-22(19)37-23-10-9-17(12-20(23)26(27,28)29)21-13-24(31-15-30-21)36-11-5-6-18(14-36)25-32-34-35-33-25/h3-4,7-10,12-13,15-16,18,34-35H,5-6,11,14H2,1-2H3,(H,32,33). The van der Waals surface area contributed by atoms with E-state index >= 15 is 0 Å². The second-order valence-corrected chi connectivity index (χ2v) is 10.5. The highest BCUT2D eigenvalue weighted by atomic mass is 32.2. The smallest absolute Gasteiger partial charge is 0.356 e. The first-order chi connectivity index (χ1) is 17.8. The van der Waals surface area contributed by atoms with Crippen molar-refractivity contribution < 1.29 is 13.2 Å². The molecular formula is C26H28F3N7S. The van der Waals surface area contributed by atoms with Crippen LogP contribution >= 0.6 is 11.8 Å². The van der Waals surface area contributed by atoms with Gasteiger partial charge in [0.2, 0.25) is 0 Å². The van der Waals surface area contributed by atoms with Gasteiger partial charge in [-0.1, -0.05) is 49.9 Å². The van der Waals surface area contributed by atoms with Gasteiger partial charge in [-0.3, -0.25) is 5.43 Å². The minimum atomic E-state index is -4.50. The van der Waals surface area contributed by atoms with Gasteiger partial charge in [0, 0.05) is 40.4 Å². The molecule has 1 saturated heterocycles. The van der Waals surface area contributed by atoms with Crippen LogP contribution in [0.25, 0.3) is 11.3 Å². The fourth-order valence-corrected chi connectivity index (χ4v) is 5.88. The molecule has 3 N–H and O–H groups in total. The average molecular weight is 528 g/mol. The molecule has 0 radical (unpaired) electrons. The monoisotopic (exact) mass is 527 g/mol. The van der Waals surface area contributed by atoms with E-state index in [4.69, 9.17) is 0 Å². The number of aromatic nitrogens is 2. The Bertz CT molecular complexity index is 1300. The highest BCUT2D eigenvalue weighted by molar-refractivity contribution is 7.99. The number of amidine groups is 1. The fourth-order valence-electron chi connectivity index (χ4n) is 4.66. The zero-order valence-corrected chi connectivity index (χ0v) is 21.3. The van der Waals surface area contributed by atoms with Crippen LogP contribution in [0.5, 0.6) is 0 Å². The molecular weight excluding hydrogens is 499 g/mol. The van der Waals surface area contributed by atoms with Gasteiger partial charge < -0.3 is 4.90 Å². The summed E-state index contributed by atoms with van der Waals surface area (Å²) >= 11 is 1.15. The van der Waals surface area contributed by atoms with Crippen molar-refractivity contribution in [3.63, 3.8) is 0 Å². The Morgan fingerprint density at radius 2 is 1.89 bits per heavy atom. The number of anilines is 1. The molecule has 0 aliphatic carbocycles. The Balaban J connectivity index is 1.43. The molecule has 11 heteroatoms. The second-order valence-electron chi connectivity index (χ2n) is 9.41. The zero-order chi connectivity index (χ0) is 26.0. The molecule has 194 valence electrons. The maximum atomic E-state index is 14.2. The summed E-state index contributed by atoms with van der Waals surface area (Å²) in [6, 6.07) is 13.8. The van der Waals surface area contributed by atoms with Crippen molar-refractivity contribution in [3.8, 4) is 11.3 Å². The summed E-state index contributed by atoms with van der Waals surface area (Å²) in [5.41, 5.74) is 9.67. The number of halogens is 3. The molecule has 7 nitrogen and oxygen atoms in total. The Morgan fingerprint density at radius 1 is 1.05 bits per heavy atom. The van der Waals surface area contributed by atoms with E-state index in [0.29, 0.717) is 23.6 Å². The minimum Gasteiger partial charge on any atom is -0.356 e. The number of nitrogens with zero attached hydrogens (tertiary/aromatic N) is 4. The molecule has 0 bridgehead atoms. The van der Waals surface area contributed by atoms with Crippen LogP contribution in [0.2, 0.25) is 0 Å². The molecule has 1 unspecified atom stereocenters. The molecule has 1 aromatic heterocycles. The second kappa shape index (κ2) is 10.6. The van der Waals surface area contributed by atoms with E-state index in [2.05, 4.69) is 36.5 Å². The Labute approximate surface area is 217 Å². The molecule has 3 aromatic rings. The lowest BCUT2D eigenvalue weighted by atomic mass is 9.97. The van der Waals surface area contributed by atoms with Crippen LogP contribution in [0, 0.1) is 5.92 Å². The quantitative estimate of drug-likeness (QED) is 0.386. The Hall–Kier alpha value is -3.31. The van der Waals surface area contributed by atoms with Crippen molar-refractivity contribution in [1.82, 2.24) is 26.5 Å². The van der Waals surface area contributed by atoms with E-state index < -0.39 is 11.7 Å². The number of hydrazone groups is 1. The third-order valence-corrected chi connectivity index (χ3v) is 7.72. The molecule has 2 aliphatic rings. The SMILES string of the molecule is CC(C)c1ccccc1Sc1ccc(-c2cc(N3CCCC(C4=NNNN4)C3)ncn2)cc1C(F)(F)F. The summed E-state index contributed by atoms with van der Waals surface area (Å²) in [4.78, 5) is 11.8. The van der Waals surface area contributed by atoms with Gasteiger partial charge >= 0.3 is 6.18 Å². The normalized spacial score (nSPS) is 17.9. The van der Waals surface area contributed by atoms with E-state index in [-0.39, 0.29) is 16.7 Å². The molecule has 2 aliphatic heterocycles. The predicted molar refractivity (Wildman–Crippen MR) is 139 cm³/mol. The molecule has 0 amide bonds. The van der Waals surface area contributed by atoms with Crippen molar-refractivity contribution in [2.75, 3.05) is 18.0 Å². The van der Waals surface area contributed by atoms with Gasteiger partial charge in [-0.15, -0.1) is 10.6 Å². The van der Waals surface area contributed by atoms with E-state index in [9.17, 15) is 13.2 Å². The maximum absolute atomic E-state index is 14.2.